The number of ether oxygens (including phenoxy) is 1. The van der Waals surface area contributed by atoms with Crippen molar-refractivity contribution in [2.24, 2.45) is 5.92 Å². The number of hydrogen-bond donors (Lipinski definition) is 3. The molecule has 1 saturated heterocycles. The summed E-state index contributed by atoms with van der Waals surface area (Å²) in [6.07, 6.45) is -4.26. The molecule has 2 aromatic heterocycles. The van der Waals surface area contributed by atoms with E-state index in [0.29, 0.717) is 30.9 Å². The van der Waals surface area contributed by atoms with E-state index in [1.807, 2.05) is 4.90 Å². The lowest BCUT2D eigenvalue weighted by atomic mass is 10.0. The fraction of sp³-hybridized carbons (Fsp3) is 0.478. The number of carbonyl (C=O) groups is 2. The number of anilines is 3. The lowest BCUT2D eigenvalue weighted by molar-refractivity contribution is -0.168. The molecule has 0 aromatic carbocycles. The largest absolute Gasteiger partial charge is 0.489 e. The van der Waals surface area contributed by atoms with Crippen molar-refractivity contribution in [2.75, 3.05) is 41.4 Å². The van der Waals surface area contributed by atoms with Crippen molar-refractivity contribution in [3.05, 3.63) is 36.2 Å². The third-order valence-corrected chi connectivity index (χ3v) is 6.13. The van der Waals surface area contributed by atoms with E-state index >= 15 is 0 Å². The van der Waals surface area contributed by atoms with Crippen molar-refractivity contribution in [1.29, 1.82) is 0 Å². The molecule has 3 atom stereocenters. The monoisotopic (exact) mass is 509 g/mol. The van der Waals surface area contributed by atoms with Gasteiger partial charge in [-0.15, -0.1) is 0 Å². The molecular formula is C23H26F3N5O5. The second-order valence-corrected chi connectivity index (χ2v) is 8.82. The van der Waals surface area contributed by atoms with Gasteiger partial charge in [0.05, 0.1) is 30.5 Å². The zero-order valence-electron chi connectivity index (χ0n) is 19.4. The number of rotatable bonds is 8. The third-order valence-electron chi connectivity index (χ3n) is 6.13. The van der Waals surface area contributed by atoms with Gasteiger partial charge in [-0.3, -0.25) is 15.0 Å². The molecule has 4 heterocycles. The summed E-state index contributed by atoms with van der Waals surface area (Å²) in [7, 11) is 0. The standard InChI is InChI=1S/C23H26F3N5O5/c1-13(23(24,25)26)8-19(34)17-3-4-18-21(28-17)31(14-6-7-30(18)10-14)22(35)29-20-5-2-16(9-27-20)36-12-15(33)11-32/h2-5,9,13-15,32-33H,6-8,10-12H2,1H3,(H,27,29,35)/t13-,14-,15+/m0/s1. The van der Waals surface area contributed by atoms with Gasteiger partial charge in [0, 0.05) is 19.5 Å². The highest BCUT2D eigenvalue weighted by Crippen LogP contribution is 2.39. The maximum atomic E-state index is 13.2. The van der Waals surface area contributed by atoms with Crippen LogP contribution in [0.1, 0.15) is 30.3 Å². The van der Waals surface area contributed by atoms with Crippen molar-refractivity contribution in [2.45, 2.75) is 38.1 Å². The molecule has 0 saturated carbocycles. The number of aliphatic hydroxyl groups is 2. The number of ketones is 1. The van der Waals surface area contributed by atoms with Crippen LogP contribution in [0.5, 0.6) is 5.75 Å². The Morgan fingerprint density at radius 2 is 2.06 bits per heavy atom. The molecule has 0 unspecified atom stereocenters. The van der Waals surface area contributed by atoms with Gasteiger partial charge in [0.15, 0.2) is 11.6 Å². The highest BCUT2D eigenvalue weighted by Gasteiger charge is 2.41. The quantitative estimate of drug-likeness (QED) is 0.464. The van der Waals surface area contributed by atoms with E-state index in [1.165, 1.54) is 29.3 Å². The van der Waals surface area contributed by atoms with Crippen LogP contribution >= 0.6 is 0 Å². The molecule has 2 bridgehead atoms. The number of nitrogens with zero attached hydrogens (tertiary/aromatic N) is 4. The van der Waals surface area contributed by atoms with Crippen LogP contribution in [0.4, 0.5) is 35.3 Å². The topological polar surface area (TPSA) is 128 Å². The molecule has 0 radical (unpaired) electrons. The van der Waals surface area contributed by atoms with Crippen molar-refractivity contribution in [3.63, 3.8) is 0 Å². The highest BCUT2D eigenvalue weighted by molar-refractivity contribution is 6.05. The zero-order valence-corrected chi connectivity index (χ0v) is 19.4. The predicted molar refractivity (Wildman–Crippen MR) is 123 cm³/mol. The van der Waals surface area contributed by atoms with E-state index in [2.05, 4.69) is 15.3 Å². The molecule has 4 rings (SSSR count). The summed E-state index contributed by atoms with van der Waals surface area (Å²) >= 11 is 0. The molecular weight excluding hydrogens is 483 g/mol. The molecule has 194 valence electrons. The molecule has 0 aliphatic carbocycles. The Morgan fingerprint density at radius 3 is 2.72 bits per heavy atom. The van der Waals surface area contributed by atoms with Crippen molar-refractivity contribution in [1.82, 2.24) is 9.97 Å². The minimum absolute atomic E-state index is 0.124. The first-order chi connectivity index (χ1) is 17.1. The predicted octanol–water partition coefficient (Wildman–Crippen LogP) is 2.61. The summed E-state index contributed by atoms with van der Waals surface area (Å²) in [4.78, 5) is 37.7. The van der Waals surface area contributed by atoms with Gasteiger partial charge in [0.2, 0.25) is 0 Å². The first-order valence-electron chi connectivity index (χ1n) is 11.4. The van der Waals surface area contributed by atoms with Gasteiger partial charge in [-0.05, 0) is 30.7 Å². The number of aliphatic hydroxyl groups excluding tert-OH is 2. The first-order valence-corrected chi connectivity index (χ1v) is 11.4. The van der Waals surface area contributed by atoms with Crippen LogP contribution in [-0.2, 0) is 0 Å². The van der Waals surface area contributed by atoms with Crippen LogP contribution in [0.3, 0.4) is 0 Å². The normalized spacial score (nSPS) is 18.4. The summed E-state index contributed by atoms with van der Waals surface area (Å²) in [5, 5.41) is 20.9. The van der Waals surface area contributed by atoms with Crippen LogP contribution in [0.25, 0.3) is 0 Å². The number of hydrogen-bond acceptors (Lipinski definition) is 8. The lowest BCUT2D eigenvalue weighted by Gasteiger charge is -2.35. The van der Waals surface area contributed by atoms with Crippen molar-refractivity contribution >= 4 is 29.1 Å². The number of Topliss-reactive ketones (excluding diaryl/α,β-unsaturated/α-hetero) is 1. The van der Waals surface area contributed by atoms with Gasteiger partial charge in [-0.1, -0.05) is 6.92 Å². The maximum Gasteiger partial charge on any atom is 0.391 e. The third kappa shape index (κ3) is 5.51. The van der Waals surface area contributed by atoms with Gasteiger partial charge in [-0.25, -0.2) is 14.8 Å². The van der Waals surface area contributed by atoms with Gasteiger partial charge in [-0.2, -0.15) is 13.2 Å². The average molecular weight is 509 g/mol. The maximum absolute atomic E-state index is 13.2. The minimum atomic E-state index is -4.49. The van der Waals surface area contributed by atoms with Crippen LogP contribution in [0.15, 0.2) is 30.5 Å². The minimum Gasteiger partial charge on any atom is -0.489 e. The van der Waals surface area contributed by atoms with E-state index in [-0.39, 0.29) is 30.0 Å². The summed E-state index contributed by atoms with van der Waals surface area (Å²) in [6, 6.07) is 5.27. The van der Waals surface area contributed by atoms with Gasteiger partial charge in [0.1, 0.15) is 30.0 Å². The van der Waals surface area contributed by atoms with E-state index in [9.17, 15) is 27.9 Å². The number of carbonyl (C=O) groups excluding carboxylic acids is 2. The van der Waals surface area contributed by atoms with Gasteiger partial charge in [0.25, 0.3) is 0 Å². The van der Waals surface area contributed by atoms with Crippen LogP contribution < -0.4 is 19.9 Å². The molecule has 2 amide bonds. The summed E-state index contributed by atoms with van der Waals surface area (Å²) in [6.45, 7) is 1.61. The number of pyridine rings is 2. The van der Waals surface area contributed by atoms with E-state index in [4.69, 9.17) is 9.84 Å². The van der Waals surface area contributed by atoms with Gasteiger partial charge >= 0.3 is 12.2 Å². The number of nitrogens with one attached hydrogen (secondary N) is 1. The van der Waals surface area contributed by atoms with Crippen LogP contribution in [0, 0.1) is 5.92 Å². The SMILES string of the molecule is C[C@@H](CC(=O)c1ccc2c(n1)N(C(=O)Nc1ccc(OC[C@H](O)CO)cn1)[C@H]1CCN2C1)C(F)(F)F. The van der Waals surface area contributed by atoms with Gasteiger partial charge < -0.3 is 19.8 Å². The molecule has 1 fully saturated rings. The average Bonchev–Trinajstić information content (AvgIpc) is 3.26. The Bertz CT molecular complexity index is 1110. The number of amides is 2. The Hall–Kier alpha value is -3.45. The number of fused-ring (bicyclic) bond motifs is 4. The second-order valence-electron chi connectivity index (χ2n) is 8.82. The summed E-state index contributed by atoms with van der Waals surface area (Å²) in [5.74, 6) is -1.81. The molecule has 36 heavy (non-hydrogen) atoms. The van der Waals surface area contributed by atoms with E-state index < -0.39 is 43.0 Å². The summed E-state index contributed by atoms with van der Waals surface area (Å²) < 4.78 is 44.1. The zero-order chi connectivity index (χ0) is 26.0. The Labute approximate surface area is 204 Å². The Balaban J connectivity index is 1.51. The fourth-order valence-electron chi connectivity index (χ4n) is 4.08. The van der Waals surface area contributed by atoms with Crippen LogP contribution in [-0.4, -0.2) is 76.6 Å². The Morgan fingerprint density at radius 1 is 1.28 bits per heavy atom. The number of aromatic nitrogens is 2. The number of halogens is 3. The molecule has 2 aliphatic heterocycles. The molecule has 3 N–H and O–H groups in total. The number of alkyl halides is 3. The van der Waals surface area contributed by atoms with Crippen molar-refractivity contribution in [3.8, 4) is 5.75 Å². The van der Waals surface area contributed by atoms with Crippen LogP contribution in [0.2, 0.25) is 0 Å². The molecule has 2 aromatic rings. The fourth-order valence-corrected chi connectivity index (χ4v) is 4.08. The van der Waals surface area contributed by atoms with E-state index in [0.717, 1.165) is 6.92 Å². The molecule has 2 aliphatic rings. The molecule has 13 heteroatoms. The summed E-state index contributed by atoms with van der Waals surface area (Å²) in [5.41, 5.74) is 0.494. The number of urea groups is 1. The molecule has 10 nitrogen and oxygen atoms in total. The molecule has 0 spiro atoms. The van der Waals surface area contributed by atoms with Crippen molar-refractivity contribution < 1.29 is 37.7 Å². The lowest BCUT2D eigenvalue weighted by Crippen LogP contribution is -2.48. The first kappa shape index (κ1) is 25.6. The smallest absolute Gasteiger partial charge is 0.391 e. The highest BCUT2D eigenvalue weighted by atomic mass is 19.4. The van der Waals surface area contributed by atoms with E-state index in [1.54, 1.807) is 6.07 Å². The second kappa shape index (κ2) is 10.3. The Kier molecular flexibility index (Phi) is 7.31.